The third kappa shape index (κ3) is 9.31. The van der Waals surface area contributed by atoms with Crippen molar-refractivity contribution in [2.24, 2.45) is 4.99 Å². The van der Waals surface area contributed by atoms with Crippen molar-refractivity contribution < 1.29 is 18.3 Å². The number of rotatable bonds is 9. The number of nitrogens with one attached hydrogen (secondary N) is 2. The molecule has 0 amide bonds. The maximum atomic E-state index is 11.2. The zero-order chi connectivity index (χ0) is 18.9. The molecule has 7 nitrogen and oxygen atoms in total. The van der Waals surface area contributed by atoms with Gasteiger partial charge in [0.05, 0.1) is 24.5 Å². The molecule has 1 rings (SSSR count). The first kappa shape index (κ1) is 21.2. The Balaban J connectivity index is 2.61. The lowest BCUT2D eigenvalue weighted by Gasteiger charge is -2.14. The van der Waals surface area contributed by atoms with E-state index in [0.29, 0.717) is 12.5 Å². The van der Waals surface area contributed by atoms with Gasteiger partial charge in [0, 0.05) is 19.3 Å². The first-order valence-corrected chi connectivity index (χ1v) is 10.4. The molecule has 0 heterocycles. The molecule has 0 radical (unpaired) electrons. The van der Waals surface area contributed by atoms with Crippen LogP contribution in [0.1, 0.15) is 32.4 Å². The number of benzene rings is 1. The zero-order valence-electron chi connectivity index (χ0n) is 15.3. The van der Waals surface area contributed by atoms with Gasteiger partial charge in [0.2, 0.25) is 0 Å². The van der Waals surface area contributed by atoms with Gasteiger partial charge < -0.3 is 20.5 Å². The normalized spacial score (nSPS) is 13.6. The summed E-state index contributed by atoms with van der Waals surface area (Å²) in [6.45, 7) is 6.90. The van der Waals surface area contributed by atoms with Crippen molar-refractivity contribution in [1.82, 2.24) is 10.6 Å². The van der Waals surface area contributed by atoms with E-state index in [1.54, 1.807) is 0 Å². The van der Waals surface area contributed by atoms with Crippen molar-refractivity contribution in [3.05, 3.63) is 29.8 Å². The van der Waals surface area contributed by atoms with Crippen molar-refractivity contribution in [1.29, 1.82) is 0 Å². The second kappa shape index (κ2) is 10.2. The Morgan fingerprint density at radius 3 is 2.40 bits per heavy atom. The van der Waals surface area contributed by atoms with Crippen molar-refractivity contribution >= 4 is 15.8 Å². The third-order valence-corrected chi connectivity index (χ3v) is 4.11. The fourth-order valence-corrected chi connectivity index (χ4v) is 2.49. The fraction of sp³-hybridized carbons (Fsp3) is 0.588. The summed E-state index contributed by atoms with van der Waals surface area (Å²) >= 11 is 0. The molecule has 142 valence electrons. The van der Waals surface area contributed by atoms with Crippen LogP contribution in [0.3, 0.4) is 0 Å². The molecule has 1 aromatic carbocycles. The summed E-state index contributed by atoms with van der Waals surface area (Å²) in [4.78, 5) is 4.30. The highest BCUT2D eigenvalue weighted by molar-refractivity contribution is 7.90. The highest BCUT2D eigenvalue weighted by Crippen LogP contribution is 2.19. The van der Waals surface area contributed by atoms with Gasteiger partial charge in [-0.1, -0.05) is 12.1 Å². The molecule has 0 bridgehead atoms. The van der Waals surface area contributed by atoms with E-state index in [1.807, 2.05) is 45.0 Å². The van der Waals surface area contributed by atoms with Gasteiger partial charge in [-0.15, -0.1) is 0 Å². The SMILES string of the molecule is CCNC(=NCC(O)c1ccc(OC(C)C)cc1)NCCS(C)(=O)=O. The van der Waals surface area contributed by atoms with E-state index in [1.165, 1.54) is 6.26 Å². The second-order valence-corrected chi connectivity index (χ2v) is 8.29. The Morgan fingerprint density at radius 2 is 1.88 bits per heavy atom. The Morgan fingerprint density at radius 1 is 1.24 bits per heavy atom. The van der Waals surface area contributed by atoms with Gasteiger partial charge in [0.25, 0.3) is 0 Å². The molecule has 1 atom stereocenters. The molecular weight excluding hydrogens is 342 g/mol. The van der Waals surface area contributed by atoms with Gasteiger partial charge in [-0.2, -0.15) is 0 Å². The predicted molar refractivity (Wildman–Crippen MR) is 101 cm³/mol. The van der Waals surface area contributed by atoms with E-state index in [2.05, 4.69) is 15.6 Å². The first-order valence-electron chi connectivity index (χ1n) is 8.36. The van der Waals surface area contributed by atoms with Crippen molar-refractivity contribution in [3.63, 3.8) is 0 Å². The van der Waals surface area contributed by atoms with Gasteiger partial charge in [-0.25, -0.2) is 8.42 Å². The Kier molecular flexibility index (Phi) is 8.71. The second-order valence-electron chi connectivity index (χ2n) is 6.03. The van der Waals surface area contributed by atoms with Crippen LogP contribution < -0.4 is 15.4 Å². The summed E-state index contributed by atoms with van der Waals surface area (Å²) in [7, 11) is -3.03. The standard InChI is InChI=1S/C17H29N3O4S/c1-5-18-17(19-10-11-25(4,22)23)20-12-16(21)14-6-8-15(9-7-14)24-13(2)3/h6-9,13,16,21H,5,10-12H2,1-4H3,(H2,18,19,20). The van der Waals surface area contributed by atoms with Crippen LogP contribution >= 0.6 is 0 Å². The van der Waals surface area contributed by atoms with Gasteiger partial charge in [-0.3, -0.25) is 4.99 Å². The molecule has 0 spiro atoms. The molecule has 0 saturated carbocycles. The molecule has 25 heavy (non-hydrogen) atoms. The van der Waals surface area contributed by atoms with Gasteiger partial charge in [0.15, 0.2) is 5.96 Å². The smallest absolute Gasteiger partial charge is 0.191 e. The Bertz CT molecular complexity index is 642. The molecule has 0 aromatic heterocycles. The van der Waals surface area contributed by atoms with Crippen molar-refractivity contribution in [3.8, 4) is 5.75 Å². The summed E-state index contributed by atoms with van der Waals surface area (Å²) in [6.07, 6.45) is 0.536. The minimum Gasteiger partial charge on any atom is -0.491 e. The number of ether oxygens (including phenoxy) is 1. The molecule has 1 unspecified atom stereocenters. The molecule has 3 N–H and O–H groups in total. The molecule has 0 aliphatic heterocycles. The topological polar surface area (TPSA) is 100 Å². The van der Waals surface area contributed by atoms with Crippen LogP contribution in [0.25, 0.3) is 0 Å². The molecule has 1 aromatic rings. The molecule has 0 aliphatic rings. The Hall–Kier alpha value is -1.80. The maximum absolute atomic E-state index is 11.2. The number of aliphatic hydroxyl groups is 1. The van der Waals surface area contributed by atoms with E-state index in [0.717, 1.165) is 11.3 Å². The molecule has 0 saturated heterocycles. The number of sulfone groups is 1. The summed E-state index contributed by atoms with van der Waals surface area (Å²) in [5.41, 5.74) is 0.742. The van der Waals surface area contributed by atoms with E-state index in [-0.39, 0.29) is 24.9 Å². The predicted octanol–water partition coefficient (Wildman–Crippen LogP) is 1.11. The van der Waals surface area contributed by atoms with Crippen LogP contribution in [0.4, 0.5) is 0 Å². The monoisotopic (exact) mass is 371 g/mol. The van der Waals surface area contributed by atoms with Crippen LogP contribution in [0.2, 0.25) is 0 Å². The van der Waals surface area contributed by atoms with Crippen molar-refractivity contribution in [2.45, 2.75) is 33.0 Å². The maximum Gasteiger partial charge on any atom is 0.191 e. The van der Waals surface area contributed by atoms with Crippen LogP contribution in [0.5, 0.6) is 5.75 Å². The zero-order valence-corrected chi connectivity index (χ0v) is 16.1. The molecule has 8 heteroatoms. The number of aliphatic hydroxyl groups excluding tert-OH is 1. The van der Waals surface area contributed by atoms with Crippen LogP contribution in [-0.2, 0) is 9.84 Å². The van der Waals surface area contributed by atoms with Gasteiger partial charge in [-0.05, 0) is 38.5 Å². The first-order chi connectivity index (χ1) is 11.7. The van der Waals surface area contributed by atoms with E-state index in [9.17, 15) is 13.5 Å². The minimum absolute atomic E-state index is 0.0251. The lowest BCUT2D eigenvalue weighted by molar-refractivity contribution is 0.186. The third-order valence-electron chi connectivity index (χ3n) is 3.17. The number of guanidine groups is 1. The lowest BCUT2D eigenvalue weighted by Crippen LogP contribution is -2.39. The largest absolute Gasteiger partial charge is 0.491 e. The number of aliphatic imine (C=N–C) groups is 1. The number of hydrogen-bond donors (Lipinski definition) is 3. The fourth-order valence-electron chi connectivity index (χ4n) is 2.02. The van der Waals surface area contributed by atoms with Gasteiger partial charge >= 0.3 is 0 Å². The summed E-state index contributed by atoms with van der Waals surface area (Å²) < 4.78 is 27.9. The van der Waals surface area contributed by atoms with Crippen LogP contribution in [0.15, 0.2) is 29.3 Å². The van der Waals surface area contributed by atoms with Crippen LogP contribution in [0, 0.1) is 0 Å². The van der Waals surface area contributed by atoms with Crippen molar-refractivity contribution in [2.75, 3.05) is 31.6 Å². The lowest BCUT2D eigenvalue weighted by atomic mass is 10.1. The minimum atomic E-state index is -3.03. The average molecular weight is 372 g/mol. The molecular formula is C17H29N3O4S. The summed E-state index contributed by atoms with van der Waals surface area (Å²) in [5.74, 6) is 1.26. The van der Waals surface area contributed by atoms with Crippen LogP contribution in [-0.4, -0.2) is 57.2 Å². The highest BCUT2D eigenvalue weighted by atomic mass is 32.2. The Labute approximate surface area is 150 Å². The summed E-state index contributed by atoms with van der Waals surface area (Å²) in [6, 6.07) is 7.25. The average Bonchev–Trinajstić information content (AvgIpc) is 2.51. The number of nitrogens with zero attached hydrogens (tertiary/aromatic N) is 1. The molecule has 0 fully saturated rings. The molecule has 0 aliphatic carbocycles. The number of hydrogen-bond acceptors (Lipinski definition) is 5. The van der Waals surface area contributed by atoms with E-state index < -0.39 is 15.9 Å². The van der Waals surface area contributed by atoms with Gasteiger partial charge in [0.1, 0.15) is 15.6 Å². The quantitative estimate of drug-likeness (QED) is 0.444. The van der Waals surface area contributed by atoms with E-state index in [4.69, 9.17) is 4.74 Å². The van der Waals surface area contributed by atoms with E-state index >= 15 is 0 Å². The summed E-state index contributed by atoms with van der Waals surface area (Å²) in [5, 5.41) is 16.2. The highest BCUT2D eigenvalue weighted by Gasteiger charge is 2.09.